The van der Waals surface area contributed by atoms with Crippen molar-refractivity contribution in [1.29, 1.82) is 0 Å². The summed E-state index contributed by atoms with van der Waals surface area (Å²) >= 11 is 0. The van der Waals surface area contributed by atoms with E-state index >= 15 is 0 Å². The maximum absolute atomic E-state index is 12.6. The van der Waals surface area contributed by atoms with Crippen molar-refractivity contribution in [2.45, 2.75) is 12.1 Å². The Morgan fingerprint density at radius 2 is 2.04 bits per heavy atom. The van der Waals surface area contributed by atoms with Gasteiger partial charge < -0.3 is 14.8 Å². The van der Waals surface area contributed by atoms with Gasteiger partial charge in [-0.05, 0) is 17.7 Å². The van der Waals surface area contributed by atoms with Crippen molar-refractivity contribution in [1.82, 2.24) is 15.3 Å². The van der Waals surface area contributed by atoms with Crippen molar-refractivity contribution in [3.8, 4) is 5.75 Å². The monoisotopic (exact) mass is 377 g/mol. The molecule has 1 aromatic carbocycles. The summed E-state index contributed by atoms with van der Waals surface area (Å²) in [5.41, 5.74) is 0.739. The van der Waals surface area contributed by atoms with Gasteiger partial charge >= 0.3 is 0 Å². The van der Waals surface area contributed by atoms with Crippen molar-refractivity contribution in [2.75, 3.05) is 41.0 Å². The highest BCUT2D eigenvalue weighted by atomic mass is 16.7. The molecule has 0 bridgehead atoms. The SMILES string of the molecule is COCCNC(=O)CN1OC2C(=O)N(C)C(=O)C2C1c1cccc(OC)c1. The molecule has 2 fully saturated rings. The summed E-state index contributed by atoms with van der Waals surface area (Å²) in [5, 5.41) is 4.12. The van der Waals surface area contributed by atoms with E-state index in [4.69, 9.17) is 14.3 Å². The highest BCUT2D eigenvalue weighted by Crippen LogP contribution is 2.44. The summed E-state index contributed by atoms with van der Waals surface area (Å²) in [6, 6.07) is 6.61. The van der Waals surface area contributed by atoms with Crippen molar-refractivity contribution >= 4 is 17.7 Å². The zero-order valence-electron chi connectivity index (χ0n) is 15.5. The molecule has 3 amide bonds. The average Bonchev–Trinajstić information content (AvgIpc) is 3.13. The second kappa shape index (κ2) is 8.03. The summed E-state index contributed by atoms with van der Waals surface area (Å²) in [4.78, 5) is 44.0. The average molecular weight is 377 g/mol. The van der Waals surface area contributed by atoms with Crippen LogP contribution in [0.25, 0.3) is 0 Å². The third kappa shape index (κ3) is 3.66. The molecule has 3 atom stereocenters. The summed E-state index contributed by atoms with van der Waals surface area (Å²) in [5.74, 6) is -1.10. The first-order chi connectivity index (χ1) is 13.0. The van der Waals surface area contributed by atoms with Crippen LogP contribution in [0.15, 0.2) is 24.3 Å². The number of imide groups is 1. The number of nitrogens with one attached hydrogen (secondary N) is 1. The van der Waals surface area contributed by atoms with E-state index in [1.54, 1.807) is 32.4 Å². The van der Waals surface area contributed by atoms with Crippen LogP contribution in [-0.2, 0) is 24.0 Å². The number of amides is 3. The van der Waals surface area contributed by atoms with Gasteiger partial charge in [-0.15, -0.1) is 0 Å². The molecule has 0 spiro atoms. The number of ether oxygens (including phenoxy) is 2. The van der Waals surface area contributed by atoms with Crippen molar-refractivity contribution < 1.29 is 28.7 Å². The van der Waals surface area contributed by atoms with E-state index in [0.717, 1.165) is 10.5 Å². The van der Waals surface area contributed by atoms with Gasteiger partial charge in [0.2, 0.25) is 11.8 Å². The fourth-order valence-electron chi connectivity index (χ4n) is 3.43. The van der Waals surface area contributed by atoms with Crippen LogP contribution >= 0.6 is 0 Å². The maximum atomic E-state index is 12.6. The molecule has 0 aromatic heterocycles. The van der Waals surface area contributed by atoms with Gasteiger partial charge in [0, 0.05) is 20.7 Å². The first kappa shape index (κ1) is 19.3. The summed E-state index contributed by atoms with van der Waals surface area (Å²) in [6.07, 6.45) is -0.925. The number of fused-ring (bicyclic) bond motifs is 1. The van der Waals surface area contributed by atoms with Crippen LogP contribution in [0.2, 0.25) is 0 Å². The predicted molar refractivity (Wildman–Crippen MR) is 93.5 cm³/mol. The minimum absolute atomic E-state index is 0.108. The Balaban J connectivity index is 1.86. The van der Waals surface area contributed by atoms with E-state index in [9.17, 15) is 14.4 Å². The number of hydrogen-bond donors (Lipinski definition) is 1. The van der Waals surface area contributed by atoms with Gasteiger partial charge in [0.25, 0.3) is 5.91 Å². The van der Waals surface area contributed by atoms with Crippen LogP contribution < -0.4 is 10.1 Å². The molecule has 0 aliphatic carbocycles. The lowest BCUT2D eigenvalue weighted by Gasteiger charge is -2.26. The van der Waals surface area contributed by atoms with Gasteiger partial charge in [-0.1, -0.05) is 12.1 Å². The number of likely N-dealkylation sites (N-methyl/N-ethyl adjacent to an activating group) is 1. The molecule has 2 heterocycles. The third-order valence-corrected chi connectivity index (χ3v) is 4.78. The number of nitrogens with zero attached hydrogens (tertiary/aromatic N) is 2. The Morgan fingerprint density at radius 1 is 1.26 bits per heavy atom. The van der Waals surface area contributed by atoms with Crippen LogP contribution in [0.5, 0.6) is 5.75 Å². The molecule has 0 saturated carbocycles. The highest BCUT2D eigenvalue weighted by Gasteiger charge is 2.58. The lowest BCUT2D eigenvalue weighted by Crippen LogP contribution is -2.40. The van der Waals surface area contributed by atoms with E-state index in [1.807, 2.05) is 6.07 Å². The van der Waals surface area contributed by atoms with Crippen LogP contribution in [0, 0.1) is 5.92 Å². The largest absolute Gasteiger partial charge is 0.497 e. The van der Waals surface area contributed by atoms with Gasteiger partial charge in [-0.2, -0.15) is 5.06 Å². The summed E-state index contributed by atoms with van der Waals surface area (Å²) in [7, 11) is 4.53. The Bertz CT molecular complexity index is 740. The van der Waals surface area contributed by atoms with E-state index < -0.39 is 24.0 Å². The molecule has 9 heteroatoms. The molecule has 27 heavy (non-hydrogen) atoms. The topological polar surface area (TPSA) is 97.4 Å². The first-order valence-corrected chi connectivity index (χ1v) is 8.62. The number of hydrogen-bond acceptors (Lipinski definition) is 7. The summed E-state index contributed by atoms with van der Waals surface area (Å²) in [6.45, 7) is 0.641. The molecule has 1 aromatic rings. The molecule has 0 radical (unpaired) electrons. The Hall–Kier alpha value is -2.49. The Morgan fingerprint density at radius 3 is 2.74 bits per heavy atom. The number of likely N-dealkylation sites (tertiary alicyclic amines) is 1. The third-order valence-electron chi connectivity index (χ3n) is 4.78. The molecule has 146 valence electrons. The number of benzene rings is 1. The van der Waals surface area contributed by atoms with Crippen molar-refractivity contribution in [3.05, 3.63) is 29.8 Å². The number of hydroxylamine groups is 2. The fourth-order valence-corrected chi connectivity index (χ4v) is 3.43. The van der Waals surface area contributed by atoms with Gasteiger partial charge in [-0.3, -0.25) is 24.1 Å². The van der Waals surface area contributed by atoms with Crippen LogP contribution in [0.1, 0.15) is 11.6 Å². The molecule has 3 unspecified atom stereocenters. The molecular formula is C18H23N3O6. The minimum atomic E-state index is -0.925. The minimum Gasteiger partial charge on any atom is -0.497 e. The number of carbonyl (C=O) groups excluding carboxylic acids is 3. The van der Waals surface area contributed by atoms with Crippen molar-refractivity contribution in [2.24, 2.45) is 5.92 Å². The van der Waals surface area contributed by atoms with Gasteiger partial charge in [0.1, 0.15) is 12.3 Å². The van der Waals surface area contributed by atoms with E-state index in [2.05, 4.69) is 5.32 Å². The standard InChI is InChI=1S/C18H23N3O6/c1-20-17(23)14-15(11-5-4-6-12(9-11)26-3)21(27-16(14)18(20)24)10-13(22)19-7-8-25-2/h4-6,9,14-16H,7-8,10H2,1-3H3,(H,19,22). The highest BCUT2D eigenvalue weighted by molar-refractivity contribution is 6.07. The summed E-state index contributed by atoms with van der Waals surface area (Å²) < 4.78 is 10.2. The molecule has 2 aliphatic rings. The number of carbonyl (C=O) groups is 3. The molecule has 1 N–H and O–H groups in total. The smallest absolute Gasteiger partial charge is 0.261 e. The quantitative estimate of drug-likeness (QED) is 0.516. The van der Waals surface area contributed by atoms with E-state index in [0.29, 0.717) is 18.9 Å². The van der Waals surface area contributed by atoms with Crippen LogP contribution in [-0.4, -0.2) is 74.8 Å². The second-order valence-electron chi connectivity index (χ2n) is 6.43. The van der Waals surface area contributed by atoms with E-state index in [-0.39, 0.29) is 18.4 Å². The number of rotatable bonds is 7. The second-order valence-corrected chi connectivity index (χ2v) is 6.43. The van der Waals surface area contributed by atoms with Crippen LogP contribution in [0.3, 0.4) is 0 Å². The fraction of sp³-hybridized carbons (Fsp3) is 0.500. The van der Waals surface area contributed by atoms with E-state index in [1.165, 1.54) is 12.1 Å². The van der Waals surface area contributed by atoms with Crippen molar-refractivity contribution in [3.63, 3.8) is 0 Å². The van der Waals surface area contributed by atoms with Gasteiger partial charge in [0.15, 0.2) is 6.10 Å². The first-order valence-electron chi connectivity index (χ1n) is 8.62. The zero-order chi connectivity index (χ0) is 19.6. The zero-order valence-corrected chi connectivity index (χ0v) is 15.5. The normalized spacial score (nSPS) is 25.0. The molecule has 2 saturated heterocycles. The Labute approximate surface area is 157 Å². The lowest BCUT2D eigenvalue weighted by molar-refractivity contribution is -0.181. The van der Waals surface area contributed by atoms with Gasteiger partial charge in [-0.25, -0.2) is 0 Å². The molecular weight excluding hydrogens is 354 g/mol. The molecule has 3 rings (SSSR count). The van der Waals surface area contributed by atoms with Crippen LogP contribution in [0.4, 0.5) is 0 Å². The predicted octanol–water partition coefficient (Wildman–Crippen LogP) is -0.270. The lowest BCUT2D eigenvalue weighted by atomic mass is 9.90. The molecule has 9 nitrogen and oxygen atoms in total. The maximum Gasteiger partial charge on any atom is 0.261 e. The number of methoxy groups -OCH3 is 2. The van der Waals surface area contributed by atoms with Gasteiger partial charge in [0.05, 0.1) is 25.7 Å². The Kier molecular flexibility index (Phi) is 5.73. The molecule has 2 aliphatic heterocycles.